The molecule has 0 atom stereocenters. The quantitative estimate of drug-likeness (QED) is 0.581. The third-order valence-corrected chi connectivity index (χ3v) is 1.35. The number of hydrogen-bond acceptors (Lipinski definition) is 2. The van der Waals surface area contributed by atoms with Gasteiger partial charge in [-0.25, -0.2) is 4.79 Å². The van der Waals surface area contributed by atoms with Crippen molar-refractivity contribution in [2.24, 2.45) is 0 Å². The molecule has 0 fully saturated rings. The average Bonchev–Trinajstić information content (AvgIpc) is 2.03. The summed E-state index contributed by atoms with van der Waals surface area (Å²) in [5.74, 6) is 0. The molecule has 0 saturated carbocycles. The Morgan fingerprint density at radius 3 is 2.45 bits per heavy atom. The summed E-state index contributed by atoms with van der Waals surface area (Å²) in [5, 5.41) is 0. The van der Waals surface area contributed by atoms with E-state index in [2.05, 4.69) is 6.58 Å². The maximum atomic E-state index is 11.0. The van der Waals surface area contributed by atoms with Gasteiger partial charge < -0.3 is 9.64 Å². The average molecular weight is 157 g/mol. The standard InChI is InChI=1S/C8H15NO2/c1-4-7-11-8(10)9(5-2)6-3/h4H,1,5-7H2,2-3H3. The molecule has 0 heterocycles. The van der Waals surface area contributed by atoms with Gasteiger partial charge in [-0.1, -0.05) is 12.7 Å². The van der Waals surface area contributed by atoms with E-state index >= 15 is 0 Å². The van der Waals surface area contributed by atoms with Gasteiger partial charge in [0.05, 0.1) is 0 Å². The number of ether oxygens (including phenoxy) is 1. The molecule has 0 spiro atoms. The number of hydrogen-bond donors (Lipinski definition) is 0. The molecule has 1 amide bonds. The first-order valence-corrected chi connectivity index (χ1v) is 3.78. The molecular weight excluding hydrogens is 142 g/mol. The highest BCUT2D eigenvalue weighted by Crippen LogP contribution is 1.92. The molecule has 0 N–H and O–H groups in total. The van der Waals surface area contributed by atoms with Crippen LogP contribution >= 0.6 is 0 Å². The first kappa shape index (κ1) is 10.0. The first-order chi connectivity index (χ1) is 5.26. The van der Waals surface area contributed by atoms with Crippen molar-refractivity contribution in [2.45, 2.75) is 13.8 Å². The Morgan fingerprint density at radius 2 is 2.09 bits per heavy atom. The Morgan fingerprint density at radius 1 is 1.55 bits per heavy atom. The Kier molecular flexibility index (Phi) is 5.25. The maximum Gasteiger partial charge on any atom is 0.410 e. The van der Waals surface area contributed by atoms with E-state index in [0.29, 0.717) is 13.1 Å². The molecule has 0 saturated heterocycles. The molecule has 0 aromatic carbocycles. The lowest BCUT2D eigenvalue weighted by Crippen LogP contribution is -2.31. The van der Waals surface area contributed by atoms with Gasteiger partial charge >= 0.3 is 6.09 Å². The minimum Gasteiger partial charge on any atom is -0.445 e. The summed E-state index contributed by atoms with van der Waals surface area (Å²) < 4.78 is 4.80. The number of amides is 1. The molecule has 0 aliphatic rings. The van der Waals surface area contributed by atoms with Crippen LogP contribution in [-0.2, 0) is 4.74 Å². The summed E-state index contributed by atoms with van der Waals surface area (Å²) in [6.07, 6.45) is 1.29. The normalized spacial score (nSPS) is 8.91. The van der Waals surface area contributed by atoms with E-state index in [0.717, 1.165) is 0 Å². The monoisotopic (exact) mass is 157 g/mol. The summed E-state index contributed by atoms with van der Waals surface area (Å²) in [5.41, 5.74) is 0. The van der Waals surface area contributed by atoms with E-state index in [1.54, 1.807) is 11.0 Å². The lowest BCUT2D eigenvalue weighted by Gasteiger charge is -2.17. The zero-order valence-electron chi connectivity index (χ0n) is 7.17. The van der Waals surface area contributed by atoms with Crippen molar-refractivity contribution in [2.75, 3.05) is 19.7 Å². The van der Waals surface area contributed by atoms with Crippen LogP contribution in [0.2, 0.25) is 0 Å². The minimum atomic E-state index is -0.269. The SMILES string of the molecule is C=CCOC(=O)N(CC)CC. The number of rotatable bonds is 4. The summed E-state index contributed by atoms with van der Waals surface area (Å²) in [4.78, 5) is 12.6. The van der Waals surface area contributed by atoms with Crippen molar-refractivity contribution in [3.8, 4) is 0 Å². The lowest BCUT2D eigenvalue weighted by atomic mass is 10.5. The molecule has 0 aromatic rings. The fraction of sp³-hybridized carbons (Fsp3) is 0.625. The predicted molar refractivity (Wildman–Crippen MR) is 44.5 cm³/mol. The van der Waals surface area contributed by atoms with Crippen LogP contribution in [0.1, 0.15) is 13.8 Å². The summed E-state index contributed by atoms with van der Waals surface area (Å²) in [6, 6.07) is 0. The smallest absolute Gasteiger partial charge is 0.410 e. The van der Waals surface area contributed by atoms with Gasteiger partial charge in [0.15, 0.2) is 0 Å². The van der Waals surface area contributed by atoms with Crippen molar-refractivity contribution < 1.29 is 9.53 Å². The Hall–Kier alpha value is -0.990. The first-order valence-electron chi connectivity index (χ1n) is 3.78. The van der Waals surface area contributed by atoms with Crippen LogP contribution in [0.15, 0.2) is 12.7 Å². The molecule has 0 unspecified atom stereocenters. The van der Waals surface area contributed by atoms with Crippen LogP contribution in [0.3, 0.4) is 0 Å². The third kappa shape index (κ3) is 3.65. The molecule has 64 valence electrons. The Labute approximate surface area is 67.6 Å². The molecule has 0 bridgehead atoms. The van der Waals surface area contributed by atoms with E-state index < -0.39 is 0 Å². The maximum absolute atomic E-state index is 11.0. The minimum absolute atomic E-state index is 0.269. The second kappa shape index (κ2) is 5.77. The molecular formula is C8H15NO2. The van der Waals surface area contributed by atoms with Crippen molar-refractivity contribution in [3.05, 3.63) is 12.7 Å². The second-order valence-electron chi connectivity index (χ2n) is 2.04. The van der Waals surface area contributed by atoms with Crippen LogP contribution < -0.4 is 0 Å². The van der Waals surface area contributed by atoms with Crippen molar-refractivity contribution >= 4 is 6.09 Å². The molecule has 0 rings (SSSR count). The molecule has 0 radical (unpaired) electrons. The van der Waals surface area contributed by atoms with Crippen LogP contribution in [0.5, 0.6) is 0 Å². The largest absolute Gasteiger partial charge is 0.445 e. The Bertz CT molecular complexity index is 130. The van der Waals surface area contributed by atoms with Gasteiger partial charge in [-0.15, -0.1) is 0 Å². The van der Waals surface area contributed by atoms with Gasteiger partial charge in [0, 0.05) is 13.1 Å². The van der Waals surface area contributed by atoms with Crippen LogP contribution in [0.4, 0.5) is 4.79 Å². The van der Waals surface area contributed by atoms with Gasteiger partial charge in [0.25, 0.3) is 0 Å². The summed E-state index contributed by atoms with van der Waals surface area (Å²) in [6.45, 7) is 8.94. The Balaban J connectivity index is 3.69. The highest BCUT2D eigenvalue weighted by molar-refractivity contribution is 5.67. The molecule has 0 aromatic heterocycles. The van der Waals surface area contributed by atoms with Crippen LogP contribution in [0.25, 0.3) is 0 Å². The third-order valence-electron chi connectivity index (χ3n) is 1.35. The van der Waals surface area contributed by atoms with Gasteiger partial charge in [0.1, 0.15) is 6.61 Å². The molecule has 3 heteroatoms. The van der Waals surface area contributed by atoms with Gasteiger partial charge in [-0.05, 0) is 13.8 Å². The molecule has 0 aliphatic carbocycles. The summed E-state index contributed by atoms with van der Waals surface area (Å²) >= 11 is 0. The van der Waals surface area contributed by atoms with Gasteiger partial charge in [-0.2, -0.15) is 0 Å². The van der Waals surface area contributed by atoms with Crippen LogP contribution in [0, 0.1) is 0 Å². The van der Waals surface area contributed by atoms with E-state index in [9.17, 15) is 4.79 Å². The predicted octanol–water partition coefficient (Wildman–Crippen LogP) is 1.65. The number of nitrogens with zero attached hydrogens (tertiary/aromatic N) is 1. The van der Waals surface area contributed by atoms with Gasteiger partial charge in [0.2, 0.25) is 0 Å². The van der Waals surface area contributed by atoms with E-state index in [1.807, 2.05) is 13.8 Å². The van der Waals surface area contributed by atoms with Crippen LogP contribution in [-0.4, -0.2) is 30.7 Å². The highest BCUT2D eigenvalue weighted by Gasteiger charge is 2.08. The zero-order chi connectivity index (χ0) is 8.69. The number of carbonyl (C=O) groups is 1. The number of carbonyl (C=O) groups excluding carboxylic acids is 1. The van der Waals surface area contributed by atoms with E-state index in [1.165, 1.54) is 0 Å². The van der Waals surface area contributed by atoms with Crippen molar-refractivity contribution in [1.82, 2.24) is 4.90 Å². The molecule has 11 heavy (non-hydrogen) atoms. The fourth-order valence-corrected chi connectivity index (χ4v) is 0.703. The van der Waals surface area contributed by atoms with E-state index in [4.69, 9.17) is 4.74 Å². The van der Waals surface area contributed by atoms with Crippen molar-refractivity contribution in [3.63, 3.8) is 0 Å². The topological polar surface area (TPSA) is 29.5 Å². The summed E-state index contributed by atoms with van der Waals surface area (Å²) in [7, 11) is 0. The highest BCUT2D eigenvalue weighted by atomic mass is 16.6. The zero-order valence-corrected chi connectivity index (χ0v) is 7.17. The van der Waals surface area contributed by atoms with Gasteiger partial charge in [-0.3, -0.25) is 0 Å². The lowest BCUT2D eigenvalue weighted by molar-refractivity contribution is 0.116. The second-order valence-corrected chi connectivity index (χ2v) is 2.04. The fourth-order valence-electron chi connectivity index (χ4n) is 0.703. The molecule has 0 aliphatic heterocycles. The van der Waals surface area contributed by atoms with E-state index in [-0.39, 0.29) is 12.7 Å². The van der Waals surface area contributed by atoms with Crippen molar-refractivity contribution in [1.29, 1.82) is 0 Å². The molecule has 3 nitrogen and oxygen atoms in total.